The first-order chi connectivity index (χ1) is 25.4. The highest BCUT2D eigenvalue weighted by Crippen LogP contribution is 2.34. The molecule has 17 heteroatoms. The van der Waals surface area contributed by atoms with Gasteiger partial charge in [-0.1, -0.05) is 61.9 Å². The maximum Gasteiger partial charge on any atom is 0.407 e. The molecule has 8 N–H and O–H groups in total. The van der Waals surface area contributed by atoms with Crippen LogP contribution in [0.5, 0.6) is 0 Å². The van der Waals surface area contributed by atoms with E-state index in [1.165, 1.54) is 6.92 Å². The summed E-state index contributed by atoms with van der Waals surface area (Å²) < 4.78 is 41.0. The van der Waals surface area contributed by atoms with Gasteiger partial charge in [0.1, 0.15) is 61.5 Å². The molecular weight excluding hydrogens is 702 g/mol. The van der Waals surface area contributed by atoms with Gasteiger partial charge in [-0.3, -0.25) is 0 Å². The number of carboxylic acid groups (broad SMARTS) is 1. The largest absolute Gasteiger partial charge is 0.479 e. The third-order valence-corrected chi connectivity index (χ3v) is 10.5. The molecule has 3 aliphatic heterocycles. The van der Waals surface area contributed by atoms with E-state index in [0.717, 1.165) is 43.2 Å². The number of alkyl carbamates (subject to hydrolysis) is 1. The van der Waals surface area contributed by atoms with E-state index in [9.17, 15) is 45.3 Å². The summed E-state index contributed by atoms with van der Waals surface area (Å²) in [6.07, 6.45) is -15.2. The summed E-state index contributed by atoms with van der Waals surface area (Å²) in [5, 5.41) is 76.6. The zero-order valence-corrected chi connectivity index (χ0v) is 30.1. The number of hydrogen-bond donors (Lipinski definition) is 8. The van der Waals surface area contributed by atoms with Gasteiger partial charge in [-0.25, -0.2) is 9.59 Å². The first-order valence-electron chi connectivity index (χ1n) is 18.4. The summed E-state index contributed by atoms with van der Waals surface area (Å²) in [6, 6.07) is 7.44. The van der Waals surface area contributed by atoms with Gasteiger partial charge >= 0.3 is 12.1 Å². The van der Waals surface area contributed by atoms with Crippen molar-refractivity contribution in [2.75, 3.05) is 19.8 Å². The van der Waals surface area contributed by atoms with Gasteiger partial charge in [-0.2, -0.15) is 0 Å². The van der Waals surface area contributed by atoms with Crippen molar-refractivity contribution in [3.8, 4) is 0 Å². The van der Waals surface area contributed by atoms with Gasteiger partial charge in [-0.05, 0) is 38.2 Å². The number of benzene rings is 1. The number of aryl methyl sites for hydroxylation is 1. The number of carbonyl (C=O) groups excluding carboxylic acids is 1. The zero-order valence-electron chi connectivity index (χ0n) is 30.1. The molecule has 17 nitrogen and oxygen atoms in total. The van der Waals surface area contributed by atoms with Crippen LogP contribution in [0, 0.1) is 12.8 Å². The minimum absolute atomic E-state index is 0.00488. The maximum absolute atomic E-state index is 12.7. The van der Waals surface area contributed by atoms with Crippen molar-refractivity contribution >= 4 is 12.1 Å². The summed E-state index contributed by atoms with van der Waals surface area (Å²) >= 11 is 0. The Hall–Kier alpha value is -2.52. The van der Waals surface area contributed by atoms with E-state index in [1.807, 2.05) is 31.2 Å². The number of nitrogens with one attached hydrogen (secondary N) is 1. The highest BCUT2D eigenvalue weighted by molar-refractivity contribution is 5.72. The molecule has 1 aromatic rings. The van der Waals surface area contributed by atoms with Crippen LogP contribution < -0.4 is 5.32 Å². The lowest BCUT2D eigenvalue weighted by Crippen LogP contribution is -2.64. The van der Waals surface area contributed by atoms with E-state index in [0.29, 0.717) is 0 Å². The number of aliphatic hydroxyl groups is 6. The van der Waals surface area contributed by atoms with Crippen molar-refractivity contribution in [1.82, 2.24) is 5.32 Å². The van der Waals surface area contributed by atoms with Crippen LogP contribution in [-0.2, 0) is 44.6 Å². The second kappa shape index (κ2) is 19.4. The zero-order chi connectivity index (χ0) is 38.2. The van der Waals surface area contributed by atoms with Crippen molar-refractivity contribution in [1.29, 1.82) is 0 Å². The lowest BCUT2D eigenvalue weighted by atomic mass is 9.85. The van der Waals surface area contributed by atoms with Crippen molar-refractivity contribution in [3.05, 3.63) is 35.4 Å². The van der Waals surface area contributed by atoms with Crippen LogP contribution in [-0.4, -0.2) is 153 Å². The average Bonchev–Trinajstić information content (AvgIpc) is 3.15. The second-order valence-corrected chi connectivity index (χ2v) is 14.5. The fourth-order valence-corrected chi connectivity index (χ4v) is 7.31. The molecule has 3 saturated heterocycles. The maximum atomic E-state index is 12.7. The van der Waals surface area contributed by atoms with Crippen LogP contribution in [0.2, 0.25) is 0 Å². The summed E-state index contributed by atoms with van der Waals surface area (Å²) in [6.45, 7) is 2.60. The SMILES string of the molecule is Cc1ccc(COC(=O)NCC2OCCC(OC3OC(CO)C(O)C(OC(CC4CCCCC4)C(=O)O)C3O)C2OC2OC(C)C(O)C(O)C2O)cc1. The fraction of sp³-hybridized carbons (Fsp3) is 0.778. The van der Waals surface area contributed by atoms with Crippen molar-refractivity contribution in [2.45, 2.75) is 151 Å². The Kier molecular flexibility index (Phi) is 15.2. The fourth-order valence-electron chi connectivity index (χ4n) is 7.31. The van der Waals surface area contributed by atoms with E-state index in [4.69, 9.17) is 33.2 Å². The third kappa shape index (κ3) is 10.8. The predicted molar refractivity (Wildman–Crippen MR) is 181 cm³/mol. The van der Waals surface area contributed by atoms with Gasteiger partial charge < -0.3 is 74.2 Å². The number of carboxylic acids is 1. The average molecular weight is 758 g/mol. The van der Waals surface area contributed by atoms with Gasteiger partial charge in [-0.15, -0.1) is 0 Å². The number of rotatable bonds is 14. The van der Waals surface area contributed by atoms with Crippen molar-refractivity contribution in [2.24, 2.45) is 5.92 Å². The van der Waals surface area contributed by atoms with Gasteiger partial charge in [0.05, 0.1) is 18.8 Å². The van der Waals surface area contributed by atoms with Gasteiger partial charge in [0.15, 0.2) is 18.7 Å². The molecule has 5 rings (SSSR count). The quantitative estimate of drug-likeness (QED) is 0.123. The molecule has 14 atom stereocenters. The van der Waals surface area contributed by atoms with E-state index >= 15 is 0 Å². The first kappa shape index (κ1) is 41.6. The highest BCUT2D eigenvalue weighted by atomic mass is 16.7. The molecule has 0 aromatic heterocycles. The van der Waals surface area contributed by atoms with Gasteiger partial charge in [0, 0.05) is 13.2 Å². The Labute approximate surface area is 308 Å². The molecule has 0 spiro atoms. The molecule has 1 aliphatic carbocycles. The number of ether oxygens (including phenoxy) is 7. The Morgan fingerprint density at radius 2 is 1.55 bits per heavy atom. The minimum atomic E-state index is -1.73. The molecule has 3 heterocycles. The monoisotopic (exact) mass is 757 g/mol. The first-order valence-corrected chi connectivity index (χ1v) is 18.4. The topological polar surface area (TPSA) is 252 Å². The Morgan fingerprint density at radius 3 is 2.23 bits per heavy atom. The number of aliphatic carboxylic acids is 1. The molecule has 1 aromatic carbocycles. The molecule has 4 aliphatic rings. The molecule has 14 unspecified atom stereocenters. The van der Waals surface area contributed by atoms with Crippen LogP contribution in [0.15, 0.2) is 24.3 Å². The third-order valence-electron chi connectivity index (χ3n) is 10.5. The standard InChI is InChI=1S/C36H55NO16/c1-18-8-10-21(11-9-18)17-48-36(46)37-15-24-31(53-34-29(42)28(41)26(39)19(2)49-34)22(12-13-47-24)51-35-30(43)32(27(40)25(16-38)52-35)50-23(33(44)45)14-20-6-4-3-5-7-20/h8-11,19-20,22-32,34-35,38-43H,3-7,12-17H2,1-2H3,(H,37,46)(H,44,45). The lowest BCUT2D eigenvalue weighted by molar-refractivity contribution is -0.355. The second-order valence-electron chi connectivity index (χ2n) is 14.5. The van der Waals surface area contributed by atoms with Crippen LogP contribution in [0.4, 0.5) is 4.79 Å². The summed E-state index contributed by atoms with van der Waals surface area (Å²) in [5.74, 6) is -1.15. The van der Waals surface area contributed by atoms with E-state index in [-0.39, 0.29) is 38.5 Å². The Morgan fingerprint density at radius 1 is 0.849 bits per heavy atom. The number of carbonyl (C=O) groups is 2. The number of amides is 1. The van der Waals surface area contributed by atoms with Crippen LogP contribution in [0.1, 0.15) is 63.0 Å². The molecule has 0 radical (unpaired) electrons. The number of aliphatic hydroxyl groups excluding tert-OH is 6. The summed E-state index contributed by atoms with van der Waals surface area (Å²) in [5.41, 5.74) is 1.83. The van der Waals surface area contributed by atoms with Gasteiger partial charge in [0.2, 0.25) is 0 Å². The summed E-state index contributed by atoms with van der Waals surface area (Å²) in [4.78, 5) is 25.0. The molecule has 300 valence electrons. The van der Waals surface area contributed by atoms with Crippen molar-refractivity contribution in [3.63, 3.8) is 0 Å². The predicted octanol–water partition coefficient (Wildman–Crippen LogP) is -0.144. The van der Waals surface area contributed by atoms with E-state index < -0.39 is 104 Å². The highest BCUT2D eigenvalue weighted by Gasteiger charge is 2.51. The van der Waals surface area contributed by atoms with Crippen LogP contribution in [0.25, 0.3) is 0 Å². The van der Waals surface area contributed by atoms with Crippen LogP contribution >= 0.6 is 0 Å². The summed E-state index contributed by atoms with van der Waals surface area (Å²) in [7, 11) is 0. The van der Waals surface area contributed by atoms with Crippen molar-refractivity contribution < 1.29 is 78.5 Å². The van der Waals surface area contributed by atoms with Crippen LogP contribution in [0.3, 0.4) is 0 Å². The molecule has 53 heavy (non-hydrogen) atoms. The Balaban J connectivity index is 1.31. The molecule has 1 amide bonds. The number of hydrogen-bond acceptors (Lipinski definition) is 15. The van der Waals surface area contributed by atoms with Gasteiger partial charge in [0.25, 0.3) is 0 Å². The molecule has 0 bridgehead atoms. The van der Waals surface area contributed by atoms with E-state index in [2.05, 4.69) is 5.32 Å². The minimum Gasteiger partial charge on any atom is -0.479 e. The Bertz CT molecular complexity index is 1300. The smallest absolute Gasteiger partial charge is 0.407 e. The molecule has 4 fully saturated rings. The molecule has 1 saturated carbocycles. The lowest BCUT2D eigenvalue weighted by Gasteiger charge is -2.47. The molecular formula is C36H55NO16. The normalized spacial score (nSPS) is 37.5. The van der Waals surface area contributed by atoms with E-state index in [1.54, 1.807) is 0 Å².